The fraction of sp³-hybridized carbons (Fsp3) is 0.800. The molecule has 1 saturated carbocycles. The van der Waals surface area contributed by atoms with Crippen LogP contribution in [-0.2, 0) is 0 Å². The van der Waals surface area contributed by atoms with Gasteiger partial charge < -0.3 is 5.73 Å². The van der Waals surface area contributed by atoms with Gasteiger partial charge in [-0.25, -0.2) is 0 Å². The van der Waals surface area contributed by atoms with Gasteiger partial charge in [0.05, 0.1) is 25.2 Å². The molecule has 1 aliphatic carbocycles. The summed E-state index contributed by atoms with van der Waals surface area (Å²) < 4.78 is 0. The lowest BCUT2D eigenvalue weighted by Gasteiger charge is -2.33. The summed E-state index contributed by atoms with van der Waals surface area (Å²) in [6.07, 6.45) is 4.06. The largest absolute Gasteiger partial charge is 0.328 e. The number of nitrogens with two attached hydrogens (primary N) is 1. The first-order valence-electron chi connectivity index (χ1n) is 5.01. The maximum atomic E-state index is 8.62. The Hall–Kier alpha value is -1.10. The molecule has 1 aliphatic rings. The van der Waals surface area contributed by atoms with Gasteiger partial charge in [0.2, 0.25) is 0 Å². The van der Waals surface area contributed by atoms with Crippen LogP contribution in [0.4, 0.5) is 0 Å². The number of hydrogen-bond donors (Lipinski definition) is 1. The van der Waals surface area contributed by atoms with Crippen LogP contribution in [0.15, 0.2) is 0 Å². The van der Waals surface area contributed by atoms with Crippen molar-refractivity contribution in [3.63, 3.8) is 0 Å². The van der Waals surface area contributed by atoms with Crippen molar-refractivity contribution in [1.82, 2.24) is 4.90 Å². The molecule has 0 aromatic heterocycles. The topological polar surface area (TPSA) is 76.8 Å². The normalized spacial score (nSPS) is 26.9. The number of hydrogen-bond acceptors (Lipinski definition) is 4. The molecule has 0 atom stereocenters. The van der Waals surface area contributed by atoms with E-state index in [1.165, 1.54) is 0 Å². The monoisotopic (exact) mass is 192 g/mol. The van der Waals surface area contributed by atoms with Crippen LogP contribution in [0.2, 0.25) is 0 Å². The van der Waals surface area contributed by atoms with E-state index in [2.05, 4.69) is 12.1 Å². The second-order valence-corrected chi connectivity index (χ2v) is 3.79. The van der Waals surface area contributed by atoms with Crippen LogP contribution >= 0.6 is 0 Å². The van der Waals surface area contributed by atoms with Crippen molar-refractivity contribution in [2.24, 2.45) is 5.73 Å². The molecule has 0 spiro atoms. The molecule has 76 valence electrons. The molecule has 0 aromatic carbocycles. The van der Waals surface area contributed by atoms with Gasteiger partial charge >= 0.3 is 0 Å². The van der Waals surface area contributed by atoms with Gasteiger partial charge in [0.25, 0.3) is 0 Å². The van der Waals surface area contributed by atoms with Crippen LogP contribution in [0.3, 0.4) is 0 Å². The Labute approximate surface area is 84.9 Å². The van der Waals surface area contributed by atoms with Crippen molar-refractivity contribution < 1.29 is 0 Å². The third-order valence-electron chi connectivity index (χ3n) is 2.81. The Morgan fingerprint density at radius 1 is 1.07 bits per heavy atom. The van der Waals surface area contributed by atoms with Crippen molar-refractivity contribution in [2.45, 2.75) is 37.8 Å². The Balaban J connectivity index is 2.44. The van der Waals surface area contributed by atoms with Gasteiger partial charge in [0.1, 0.15) is 0 Å². The highest BCUT2D eigenvalue weighted by atomic mass is 15.1. The van der Waals surface area contributed by atoms with E-state index in [4.69, 9.17) is 16.3 Å². The van der Waals surface area contributed by atoms with Gasteiger partial charge in [-0.3, -0.25) is 4.90 Å². The molecule has 0 aliphatic heterocycles. The zero-order valence-corrected chi connectivity index (χ0v) is 8.32. The zero-order valence-electron chi connectivity index (χ0n) is 8.32. The van der Waals surface area contributed by atoms with Crippen LogP contribution in [0, 0.1) is 22.7 Å². The van der Waals surface area contributed by atoms with Gasteiger partial charge in [-0.2, -0.15) is 10.5 Å². The summed E-state index contributed by atoms with van der Waals surface area (Å²) in [5.74, 6) is 0. The minimum absolute atomic E-state index is 0.317. The van der Waals surface area contributed by atoms with Crippen LogP contribution in [0.5, 0.6) is 0 Å². The van der Waals surface area contributed by atoms with Crippen molar-refractivity contribution in [3.05, 3.63) is 0 Å². The molecule has 1 fully saturated rings. The highest BCUT2D eigenvalue weighted by molar-refractivity contribution is 4.90. The lowest BCUT2D eigenvalue weighted by Crippen LogP contribution is -2.41. The third kappa shape index (κ3) is 2.99. The first-order valence-corrected chi connectivity index (χ1v) is 5.01. The number of nitriles is 2. The average Bonchev–Trinajstić information content (AvgIpc) is 2.19. The quantitative estimate of drug-likeness (QED) is 0.664. The first-order chi connectivity index (χ1) is 6.77. The molecular formula is C10H16N4. The molecule has 4 heteroatoms. The molecule has 0 aromatic rings. The fourth-order valence-corrected chi connectivity index (χ4v) is 1.96. The summed E-state index contributed by atoms with van der Waals surface area (Å²) in [5.41, 5.74) is 5.80. The number of rotatable bonds is 3. The van der Waals surface area contributed by atoms with E-state index in [0.29, 0.717) is 25.2 Å². The SMILES string of the molecule is N#CCN(CC#N)C1CCC(N)CC1. The minimum atomic E-state index is 0.317. The van der Waals surface area contributed by atoms with Crippen LogP contribution in [-0.4, -0.2) is 30.1 Å². The fourth-order valence-electron chi connectivity index (χ4n) is 1.96. The van der Waals surface area contributed by atoms with E-state index in [1.54, 1.807) is 0 Å². The van der Waals surface area contributed by atoms with Gasteiger partial charge in [-0.1, -0.05) is 0 Å². The summed E-state index contributed by atoms with van der Waals surface area (Å²) in [7, 11) is 0. The molecule has 2 N–H and O–H groups in total. The maximum Gasteiger partial charge on any atom is 0.0876 e. The standard InChI is InChI=1S/C10H16N4/c11-5-7-14(8-6-12)10-3-1-9(13)2-4-10/h9-10H,1-4,7-8,13H2. The minimum Gasteiger partial charge on any atom is -0.328 e. The smallest absolute Gasteiger partial charge is 0.0876 e. The molecular weight excluding hydrogens is 176 g/mol. The van der Waals surface area contributed by atoms with Gasteiger partial charge in [-0.05, 0) is 25.7 Å². The predicted octanol–water partition coefficient (Wildman–Crippen LogP) is 0.605. The van der Waals surface area contributed by atoms with Crippen molar-refractivity contribution in [3.8, 4) is 12.1 Å². The Bertz CT molecular complexity index is 226. The summed E-state index contributed by atoms with van der Waals surface area (Å²) in [4.78, 5) is 1.95. The van der Waals surface area contributed by atoms with E-state index in [0.717, 1.165) is 25.7 Å². The summed E-state index contributed by atoms with van der Waals surface area (Å²) in [6, 6.07) is 4.91. The second kappa shape index (κ2) is 5.59. The van der Waals surface area contributed by atoms with E-state index < -0.39 is 0 Å². The Morgan fingerprint density at radius 2 is 1.57 bits per heavy atom. The highest BCUT2D eigenvalue weighted by Crippen LogP contribution is 2.21. The summed E-state index contributed by atoms with van der Waals surface area (Å²) >= 11 is 0. The van der Waals surface area contributed by atoms with Crippen LogP contribution in [0.1, 0.15) is 25.7 Å². The van der Waals surface area contributed by atoms with E-state index >= 15 is 0 Å². The second-order valence-electron chi connectivity index (χ2n) is 3.79. The molecule has 0 amide bonds. The predicted molar refractivity (Wildman–Crippen MR) is 53.0 cm³/mol. The van der Waals surface area contributed by atoms with Gasteiger partial charge in [0, 0.05) is 12.1 Å². The van der Waals surface area contributed by atoms with E-state index in [1.807, 2.05) is 4.90 Å². The molecule has 0 saturated heterocycles. The molecule has 4 nitrogen and oxygen atoms in total. The lowest BCUT2D eigenvalue weighted by atomic mass is 9.91. The average molecular weight is 192 g/mol. The van der Waals surface area contributed by atoms with Crippen LogP contribution in [0.25, 0.3) is 0 Å². The summed E-state index contributed by atoms with van der Waals surface area (Å²) in [5, 5.41) is 17.2. The lowest BCUT2D eigenvalue weighted by molar-refractivity contribution is 0.184. The molecule has 1 rings (SSSR count). The Kier molecular flexibility index (Phi) is 4.39. The molecule has 14 heavy (non-hydrogen) atoms. The maximum absolute atomic E-state index is 8.62. The molecule has 0 radical (unpaired) electrons. The van der Waals surface area contributed by atoms with Gasteiger partial charge in [0.15, 0.2) is 0 Å². The van der Waals surface area contributed by atoms with Crippen molar-refractivity contribution in [1.29, 1.82) is 10.5 Å². The van der Waals surface area contributed by atoms with E-state index in [9.17, 15) is 0 Å². The van der Waals surface area contributed by atoms with Crippen LogP contribution < -0.4 is 5.73 Å². The molecule has 0 heterocycles. The highest BCUT2D eigenvalue weighted by Gasteiger charge is 2.23. The third-order valence-corrected chi connectivity index (χ3v) is 2.81. The zero-order chi connectivity index (χ0) is 10.4. The molecule has 0 unspecified atom stereocenters. The number of nitrogens with zero attached hydrogens (tertiary/aromatic N) is 3. The molecule has 0 bridgehead atoms. The Morgan fingerprint density at radius 3 is 2.00 bits per heavy atom. The summed E-state index contributed by atoms with van der Waals surface area (Å²) in [6.45, 7) is 0.709. The van der Waals surface area contributed by atoms with Crippen molar-refractivity contribution in [2.75, 3.05) is 13.1 Å². The van der Waals surface area contributed by atoms with Gasteiger partial charge in [-0.15, -0.1) is 0 Å². The van der Waals surface area contributed by atoms with E-state index in [-0.39, 0.29) is 0 Å². The van der Waals surface area contributed by atoms with Crippen molar-refractivity contribution >= 4 is 0 Å². The first kappa shape index (κ1) is 11.0.